The van der Waals surface area contributed by atoms with E-state index in [1.54, 1.807) is 42.5 Å². The van der Waals surface area contributed by atoms with Crippen LogP contribution in [0.25, 0.3) is 49.3 Å². The zero-order valence-electron chi connectivity index (χ0n) is 25.7. The van der Waals surface area contributed by atoms with Crippen LogP contribution in [0.5, 0.6) is 5.75 Å². The Bertz CT molecular complexity index is 2420. The first kappa shape index (κ1) is 33.3. The molecule has 49 heavy (non-hydrogen) atoms. The molecule has 6 rings (SSSR count). The molecule has 1 aromatic heterocycles. The van der Waals surface area contributed by atoms with Gasteiger partial charge in [0.25, 0.3) is 16.4 Å². The number of ether oxygens (including phenoxy) is 2. The minimum atomic E-state index is -4.58. The molecular weight excluding hydrogens is 677 g/mol. The third-order valence-electron chi connectivity index (χ3n) is 7.99. The van der Waals surface area contributed by atoms with Gasteiger partial charge in [0.05, 0.1) is 42.5 Å². The maximum absolute atomic E-state index is 15.1. The number of methoxy groups -OCH3 is 2. The number of alkyl halides is 2. The molecule has 0 N–H and O–H groups in total. The molecule has 0 unspecified atom stereocenters. The number of nitrogens with zero attached hydrogens (tertiary/aromatic N) is 2. The van der Waals surface area contributed by atoms with E-state index in [4.69, 9.17) is 27.6 Å². The molecule has 6 aromatic rings. The fourth-order valence-electron chi connectivity index (χ4n) is 5.75. The number of fused-ring (bicyclic) bond motifs is 1. The largest absolute Gasteiger partial charge is 0.497 e. The SMILES string of the molecule is [C-]#[N+]c1cccc(OC)c1-c1c(-c2cccc(-c3ccc(C(=O)OC)cc3Cl)c2)n(S(=O)(=O)c2ccc(C(F)F)cc2)c2ccc(F)cc12. The Hall–Kier alpha value is -5.57. The minimum absolute atomic E-state index is 0.0529. The van der Waals surface area contributed by atoms with E-state index in [9.17, 15) is 22.0 Å². The second-order valence-corrected chi connectivity index (χ2v) is 13.0. The van der Waals surface area contributed by atoms with Gasteiger partial charge in [0, 0.05) is 38.2 Å². The fourth-order valence-corrected chi connectivity index (χ4v) is 7.59. The van der Waals surface area contributed by atoms with Crippen molar-refractivity contribution in [3.05, 3.63) is 137 Å². The van der Waals surface area contributed by atoms with Gasteiger partial charge in [-0.2, -0.15) is 0 Å². The summed E-state index contributed by atoms with van der Waals surface area (Å²) in [5, 5.41) is 0.373. The zero-order valence-corrected chi connectivity index (χ0v) is 27.3. The number of rotatable bonds is 8. The summed E-state index contributed by atoms with van der Waals surface area (Å²) in [5.41, 5.74) is 1.88. The number of carbonyl (C=O) groups excluding carboxylic acids is 1. The van der Waals surface area contributed by atoms with Crippen molar-refractivity contribution >= 4 is 44.2 Å². The van der Waals surface area contributed by atoms with E-state index in [0.717, 1.165) is 34.3 Å². The van der Waals surface area contributed by atoms with Crippen molar-refractivity contribution in [2.24, 2.45) is 0 Å². The van der Waals surface area contributed by atoms with Crippen LogP contribution in [-0.4, -0.2) is 32.6 Å². The normalized spacial score (nSPS) is 11.5. The van der Waals surface area contributed by atoms with Gasteiger partial charge in [0.2, 0.25) is 0 Å². The Morgan fingerprint density at radius 3 is 2.24 bits per heavy atom. The van der Waals surface area contributed by atoms with E-state index in [0.29, 0.717) is 16.7 Å². The molecule has 5 aromatic carbocycles. The van der Waals surface area contributed by atoms with Crippen molar-refractivity contribution in [2.75, 3.05) is 14.2 Å². The van der Waals surface area contributed by atoms with Crippen molar-refractivity contribution in [2.45, 2.75) is 11.3 Å². The lowest BCUT2D eigenvalue weighted by Crippen LogP contribution is -2.14. The lowest BCUT2D eigenvalue weighted by Gasteiger charge is -2.17. The predicted octanol–water partition coefficient (Wildman–Crippen LogP) is 9.96. The molecule has 0 aliphatic heterocycles. The van der Waals surface area contributed by atoms with Crippen LogP contribution in [0.4, 0.5) is 18.9 Å². The summed E-state index contributed by atoms with van der Waals surface area (Å²) in [6.45, 7) is 7.94. The number of benzene rings is 5. The van der Waals surface area contributed by atoms with Crippen LogP contribution < -0.4 is 4.74 Å². The average Bonchev–Trinajstić information content (AvgIpc) is 3.45. The molecule has 0 bridgehead atoms. The van der Waals surface area contributed by atoms with Crippen LogP contribution in [-0.2, 0) is 14.8 Å². The first-order valence-corrected chi connectivity index (χ1v) is 16.3. The second kappa shape index (κ2) is 13.1. The van der Waals surface area contributed by atoms with E-state index >= 15 is 4.39 Å². The van der Waals surface area contributed by atoms with Gasteiger partial charge < -0.3 is 9.47 Å². The summed E-state index contributed by atoms with van der Waals surface area (Å²) in [6, 6.07) is 23.9. The molecular formula is C37H24ClF3N2O5S. The lowest BCUT2D eigenvalue weighted by molar-refractivity contribution is 0.0600. The molecule has 0 radical (unpaired) electrons. The van der Waals surface area contributed by atoms with Crippen LogP contribution in [0.3, 0.4) is 0 Å². The lowest BCUT2D eigenvalue weighted by atomic mass is 9.94. The molecule has 1 heterocycles. The van der Waals surface area contributed by atoms with E-state index in [1.807, 2.05) is 0 Å². The number of hydrogen-bond acceptors (Lipinski definition) is 5. The Balaban J connectivity index is 1.73. The van der Waals surface area contributed by atoms with Crippen molar-refractivity contribution < 1.29 is 35.9 Å². The molecule has 0 spiro atoms. The van der Waals surface area contributed by atoms with Gasteiger partial charge in [-0.3, -0.25) is 0 Å². The van der Waals surface area contributed by atoms with Crippen molar-refractivity contribution in [1.82, 2.24) is 3.97 Å². The summed E-state index contributed by atoms with van der Waals surface area (Å²) in [6.07, 6.45) is -2.82. The van der Waals surface area contributed by atoms with Crippen LogP contribution in [0.2, 0.25) is 5.02 Å². The van der Waals surface area contributed by atoms with Crippen molar-refractivity contribution in [3.63, 3.8) is 0 Å². The highest BCUT2D eigenvalue weighted by Crippen LogP contribution is 2.50. The van der Waals surface area contributed by atoms with Crippen LogP contribution in [0.15, 0.2) is 108 Å². The van der Waals surface area contributed by atoms with Crippen LogP contribution >= 0.6 is 11.6 Å². The smallest absolute Gasteiger partial charge is 0.337 e. The maximum atomic E-state index is 15.1. The third kappa shape index (κ3) is 5.90. The Kier molecular flexibility index (Phi) is 8.94. The summed E-state index contributed by atoms with van der Waals surface area (Å²) < 4.78 is 82.6. The Labute approximate surface area is 284 Å². The van der Waals surface area contributed by atoms with E-state index in [1.165, 1.54) is 44.6 Å². The molecule has 0 saturated carbocycles. The topological polar surface area (TPSA) is 79.0 Å². The second-order valence-electron chi connectivity index (χ2n) is 10.8. The molecule has 0 aliphatic carbocycles. The molecule has 0 amide bonds. The first-order chi connectivity index (χ1) is 23.5. The molecule has 0 aliphatic rings. The number of carbonyl (C=O) groups is 1. The number of esters is 1. The van der Waals surface area contributed by atoms with Gasteiger partial charge in [-0.25, -0.2) is 35.2 Å². The predicted molar refractivity (Wildman–Crippen MR) is 181 cm³/mol. The van der Waals surface area contributed by atoms with Crippen molar-refractivity contribution in [3.8, 4) is 39.3 Å². The highest BCUT2D eigenvalue weighted by atomic mass is 35.5. The van der Waals surface area contributed by atoms with Crippen LogP contribution in [0, 0.1) is 12.4 Å². The summed E-state index contributed by atoms with van der Waals surface area (Å²) in [5.74, 6) is -1.02. The number of aromatic nitrogens is 1. The summed E-state index contributed by atoms with van der Waals surface area (Å²) in [4.78, 5) is 15.5. The molecule has 0 atom stereocenters. The van der Waals surface area contributed by atoms with Gasteiger partial charge in [-0.15, -0.1) is 0 Å². The number of hydrogen-bond donors (Lipinski definition) is 0. The monoisotopic (exact) mass is 700 g/mol. The number of halogens is 4. The fraction of sp³-hybridized carbons (Fsp3) is 0.0811. The molecule has 12 heteroatoms. The summed E-state index contributed by atoms with van der Waals surface area (Å²) >= 11 is 6.62. The van der Waals surface area contributed by atoms with Gasteiger partial charge in [0.15, 0.2) is 5.69 Å². The van der Waals surface area contributed by atoms with E-state index in [-0.39, 0.29) is 60.2 Å². The first-order valence-electron chi connectivity index (χ1n) is 14.5. The molecule has 0 saturated heterocycles. The average molecular weight is 701 g/mol. The Morgan fingerprint density at radius 2 is 1.59 bits per heavy atom. The molecule has 7 nitrogen and oxygen atoms in total. The van der Waals surface area contributed by atoms with Crippen LogP contribution in [0.1, 0.15) is 22.3 Å². The Morgan fingerprint density at radius 1 is 0.878 bits per heavy atom. The van der Waals surface area contributed by atoms with E-state index in [2.05, 4.69) is 4.85 Å². The van der Waals surface area contributed by atoms with Crippen molar-refractivity contribution in [1.29, 1.82) is 0 Å². The summed E-state index contributed by atoms with van der Waals surface area (Å²) in [7, 11) is -1.93. The van der Waals surface area contributed by atoms with Gasteiger partial charge >= 0.3 is 5.97 Å². The van der Waals surface area contributed by atoms with Gasteiger partial charge in [-0.05, 0) is 60.2 Å². The third-order valence-corrected chi connectivity index (χ3v) is 10.0. The highest BCUT2D eigenvalue weighted by molar-refractivity contribution is 7.90. The standard InChI is InChI=1S/C37H24ClF3N2O5S/c1-42-30-8-5-9-32(47-2)34(30)33-28-20-25(39)13-17-31(28)43(49(45,46)26-14-10-21(11-15-26)36(40)41)35(33)23-7-4-6-22(18-23)27-16-12-24(19-29(27)38)37(44)48-3/h4-20,36H,2-3H3. The van der Waals surface area contributed by atoms with E-state index < -0.39 is 28.2 Å². The highest BCUT2D eigenvalue weighted by Gasteiger charge is 2.31. The molecule has 246 valence electrons. The maximum Gasteiger partial charge on any atom is 0.337 e. The zero-order chi connectivity index (χ0) is 35.0. The van der Waals surface area contributed by atoms with Gasteiger partial charge in [0.1, 0.15) is 11.6 Å². The van der Waals surface area contributed by atoms with Gasteiger partial charge in [-0.1, -0.05) is 60.1 Å². The minimum Gasteiger partial charge on any atom is -0.497 e. The quantitative estimate of drug-likeness (QED) is 0.117. The molecule has 0 fully saturated rings.